The van der Waals surface area contributed by atoms with Crippen molar-refractivity contribution in [3.05, 3.63) is 135 Å². The second-order valence-corrected chi connectivity index (χ2v) is 9.40. The molecule has 3 N–H and O–H groups in total. The first-order valence-electron chi connectivity index (χ1n) is 12.7. The molecule has 0 radical (unpaired) electrons. The van der Waals surface area contributed by atoms with Crippen LogP contribution in [0.25, 0.3) is 0 Å². The lowest BCUT2D eigenvalue weighted by Gasteiger charge is -2.32. The summed E-state index contributed by atoms with van der Waals surface area (Å²) in [5.74, 6) is 0.287. The molecule has 2 atom stereocenters. The second-order valence-electron chi connectivity index (χ2n) is 9.40. The maximum absolute atomic E-state index is 11.8. The van der Waals surface area contributed by atoms with E-state index in [-0.39, 0.29) is 43.0 Å². The van der Waals surface area contributed by atoms with E-state index in [4.69, 9.17) is 4.74 Å². The Morgan fingerprint density at radius 2 is 1.49 bits per heavy atom. The molecule has 4 aromatic rings. The molecule has 0 aliphatic carbocycles. The van der Waals surface area contributed by atoms with Crippen molar-refractivity contribution >= 4 is 5.69 Å². The predicted octanol–water partition coefficient (Wildman–Crippen LogP) is 5.02. The lowest BCUT2D eigenvalue weighted by molar-refractivity contribution is -0.386. The highest BCUT2D eigenvalue weighted by Gasteiger charge is 2.25. The Morgan fingerprint density at radius 1 is 0.846 bits per heavy atom. The molecule has 0 saturated carbocycles. The van der Waals surface area contributed by atoms with Gasteiger partial charge < -0.3 is 20.1 Å². The first kappa shape index (κ1) is 27.8. The molecular weight excluding hydrogens is 496 g/mol. The standard InChI is InChI=1S/C31H32N2O6/c34-21-27(17-23-11-14-28(35)15-12-23)32(19-24-7-3-1-4-8-24)20-30(36)26-13-16-31(29(18-26)33(37)38)39-22-25-9-5-2-6-10-25/h1-16,18,27,30,34-36H,17,19-22H2/t27-,30-/m0/s1. The van der Waals surface area contributed by atoms with E-state index in [9.17, 15) is 25.4 Å². The van der Waals surface area contributed by atoms with Gasteiger partial charge in [-0.1, -0.05) is 78.9 Å². The Balaban J connectivity index is 1.54. The summed E-state index contributed by atoms with van der Waals surface area (Å²) in [6, 6.07) is 30.0. The number of hydrogen-bond acceptors (Lipinski definition) is 7. The van der Waals surface area contributed by atoms with Crippen LogP contribution in [0.5, 0.6) is 11.5 Å². The van der Waals surface area contributed by atoms with Gasteiger partial charge in [0.15, 0.2) is 5.75 Å². The van der Waals surface area contributed by atoms with Crippen LogP contribution in [0, 0.1) is 10.1 Å². The monoisotopic (exact) mass is 528 g/mol. The Bertz CT molecular complexity index is 1330. The molecule has 39 heavy (non-hydrogen) atoms. The van der Waals surface area contributed by atoms with Gasteiger partial charge in [-0.05, 0) is 46.9 Å². The number of ether oxygens (including phenoxy) is 1. The lowest BCUT2D eigenvalue weighted by Crippen LogP contribution is -2.41. The van der Waals surface area contributed by atoms with E-state index >= 15 is 0 Å². The zero-order valence-electron chi connectivity index (χ0n) is 21.5. The minimum Gasteiger partial charge on any atom is -0.508 e. The molecule has 0 bridgehead atoms. The van der Waals surface area contributed by atoms with E-state index in [1.54, 1.807) is 30.3 Å². The van der Waals surface area contributed by atoms with Gasteiger partial charge >= 0.3 is 5.69 Å². The fourth-order valence-electron chi connectivity index (χ4n) is 4.44. The number of benzene rings is 4. The van der Waals surface area contributed by atoms with E-state index in [2.05, 4.69) is 0 Å². The van der Waals surface area contributed by atoms with Crippen molar-refractivity contribution in [1.29, 1.82) is 0 Å². The van der Waals surface area contributed by atoms with Crippen molar-refractivity contribution in [2.75, 3.05) is 13.2 Å². The van der Waals surface area contributed by atoms with Gasteiger partial charge in [-0.15, -0.1) is 0 Å². The minimum atomic E-state index is -1.05. The van der Waals surface area contributed by atoms with E-state index in [1.165, 1.54) is 12.1 Å². The Kier molecular flexibility index (Phi) is 9.64. The van der Waals surface area contributed by atoms with E-state index in [1.807, 2.05) is 65.6 Å². The number of aliphatic hydroxyl groups is 2. The van der Waals surface area contributed by atoms with Crippen LogP contribution >= 0.6 is 0 Å². The molecule has 0 aromatic heterocycles. The van der Waals surface area contributed by atoms with Crippen LogP contribution in [-0.4, -0.2) is 44.3 Å². The molecule has 0 fully saturated rings. The highest BCUT2D eigenvalue weighted by molar-refractivity contribution is 5.49. The number of nitro groups is 1. The van der Waals surface area contributed by atoms with Crippen molar-refractivity contribution in [3.63, 3.8) is 0 Å². The molecular formula is C31H32N2O6. The number of aliphatic hydroxyl groups excluding tert-OH is 2. The average Bonchev–Trinajstić information content (AvgIpc) is 2.96. The van der Waals surface area contributed by atoms with E-state index in [0.717, 1.165) is 16.7 Å². The van der Waals surface area contributed by atoms with Gasteiger partial charge in [0.2, 0.25) is 0 Å². The summed E-state index contributed by atoms with van der Waals surface area (Å²) in [5, 5.41) is 43.0. The number of phenolic OH excluding ortho intramolecular Hbond substituents is 1. The van der Waals surface area contributed by atoms with Crippen molar-refractivity contribution in [2.24, 2.45) is 0 Å². The Morgan fingerprint density at radius 3 is 2.10 bits per heavy atom. The average molecular weight is 529 g/mol. The van der Waals surface area contributed by atoms with Crippen molar-refractivity contribution < 1.29 is 25.0 Å². The molecule has 0 unspecified atom stereocenters. The topological polar surface area (TPSA) is 116 Å². The number of nitrogens with zero attached hydrogens (tertiary/aromatic N) is 2. The number of phenols is 1. The van der Waals surface area contributed by atoms with Crippen LogP contribution in [0.4, 0.5) is 5.69 Å². The number of aromatic hydroxyl groups is 1. The molecule has 4 aromatic carbocycles. The SMILES string of the molecule is O=[N+]([O-])c1cc([C@@H](O)CN(Cc2ccccc2)[C@H](CO)Cc2ccc(O)cc2)ccc1OCc1ccccc1. The van der Waals surface area contributed by atoms with Crippen molar-refractivity contribution in [1.82, 2.24) is 4.90 Å². The van der Waals surface area contributed by atoms with Gasteiger partial charge in [0.05, 0.1) is 17.6 Å². The van der Waals surface area contributed by atoms with E-state index < -0.39 is 11.0 Å². The molecule has 202 valence electrons. The zero-order chi connectivity index (χ0) is 27.6. The van der Waals surface area contributed by atoms with Crippen LogP contribution < -0.4 is 4.74 Å². The molecule has 0 heterocycles. The first-order chi connectivity index (χ1) is 18.9. The van der Waals surface area contributed by atoms with Gasteiger partial charge in [-0.3, -0.25) is 15.0 Å². The summed E-state index contributed by atoms with van der Waals surface area (Å²) in [4.78, 5) is 13.3. The molecule has 8 heteroatoms. The Hall–Kier alpha value is -4.24. The molecule has 4 rings (SSSR count). The van der Waals surface area contributed by atoms with Gasteiger partial charge in [0, 0.05) is 25.2 Å². The van der Waals surface area contributed by atoms with Crippen LogP contribution in [0.15, 0.2) is 103 Å². The fourth-order valence-corrected chi connectivity index (χ4v) is 4.44. The second kappa shape index (κ2) is 13.5. The van der Waals surface area contributed by atoms with Crippen LogP contribution in [0.1, 0.15) is 28.4 Å². The normalized spacial score (nSPS) is 12.7. The summed E-state index contributed by atoms with van der Waals surface area (Å²) < 4.78 is 5.73. The highest BCUT2D eigenvalue weighted by Crippen LogP contribution is 2.32. The molecule has 0 aliphatic heterocycles. The smallest absolute Gasteiger partial charge is 0.311 e. The summed E-state index contributed by atoms with van der Waals surface area (Å²) in [6.07, 6.45) is -0.563. The maximum Gasteiger partial charge on any atom is 0.311 e. The van der Waals surface area contributed by atoms with Crippen molar-refractivity contribution in [2.45, 2.75) is 31.7 Å². The van der Waals surface area contributed by atoms with E-state index in [0.29, 0.717) is 18.5 Å². The first-order valence-corrected chi connectivity index (χ1v) is 12.7. The van der Waals surface area contributed by atoms with Gasteiger partial charge in [0.1, 0.15) is 12.4 Å². The van der Waals surface area contributed by atoms with Crippen LogP contribution in [0.3, 0.4) is 0 Å². The summed E-state index contributed by atoms with van der Waals surface area (Å²) in [6.45, 7) is 0.623. The van der Waals surface area contributed by atoms with Crippen molar-refractivity contribution in [3.8, 4) is 11.5 Å². The third-order valence-corrected chi connectivity index (χ3v) is 6.57. The minimum absolute atomic E-state index is 0.126. The third-order valence-electron chi connectivity index (χ3n) is 6.57. The summed E-state index contributed by atoms with van der Waals surface area (Å²) in [7, 11) is 0. The summed E-state index contributed by atoms with van der Waals surface area (Å²) in [5.41, 5.74) is 2.98. The van der Waals surface area contributed by atoms with Gasteiger partial charge in [-0.25, -0.2) is 0 Å². The number of rotatable bonds is 13. The molecule has 0 amide bonds. The quantitative estimate of drug-likeness (QED) is 0.165. The van der Waals surface area contributed by atoms with Crippen LogP contribution in [0.2, 0.25) is 0 Å². The maximum atomic E-state index is 11.8. The predicted molar refractivity (Wildman–Crippen MR) is 148 cm³/mol. The third kappa shape index (κ3) is 7.87. The molecule has 0 aliphatic rings. The number of nitro benzene ring substituents is 1. The van der Waals surface area contributed by atoms with Gasteiger partial charge in [-0.2, -0.15) is 0 Å². The summed E-state index contributed by atoms with van der Waals surface area (Å²) >= 11 is 0. The highest BCUT2D eigenvalue weighted by atomic mass is 16.6. The molecule has 8 nitrogen and oxygen atoms in total. The molecule has 0 spiro atoms. The zero-order valence-corrected chi connectivity index (χ0v) is 21.5. The largest absolute Gasteiger partial charge is 0.508 e. The number of hydrogen-bond donors (Lipinski definition) is 3. The molecule has 0 saturated heterocycles. The Labute approximate surface area is 227 Å². The fraction of sp³-hybridized carbons (Fsp3) is 0.226. The lowest BCUT2D eigenvalue weighted by atomic mass is 10.0. The van der Waals surface area contributed by atoms with Gasteiger partial charge in [0.25, 0.3) is 0 Å². The van der Waals surface area contributed by atoms with Crippen LogP contribution in [-0.2, 0) is 19.6 Å².